The summed E-state index contributed by atoms with van der Waals surface area (Å²) in [7, 11) is 0. The molecule has 0 aliphatic carbocycles. The number of aromatic nitrogens is 2. The zero-order chi connectivity index (χ0) is 25.7. The number of thioether (sulfide) groups is 1. The predicted octanol–water partition coefficient (Wildman–Crippen LogP) is 3.77. The van der Waals surface area contributed by atoms with Crippen molar-refractivity contribution in [1.82, 2.24) is 14.5 Å². The second-order valence-electron chi connectivity index (χ2n) is 9.38. The van der Waals surface area contributed by atoms with E-state index >= 15 is 0 Å². The Labute approximate surface area is 226 Å². The number of imide groups is 1. The number of carbonyl (C=O) groups excluding carboxylic acids is 3. The number of fused-ring (bicyclic) bond motifs is 2. The van der Waals surface area contributed by atoms with E-state index in [4.69, 9.17) is 11.6 Å². The zero-order valence-electron chi connectivity index (χ0n) is 19.7. The highest BCUT2D eigenvalue weighted by molar-refractivity contribution is 8.00. The van der Waals surface area contributed by atoms with E-state index in [9.17, 15) is 19.2 Å². The Bertz CT molecular complexity index is 1430. The molecule has 1 aromatic carbocycles. The Kier molecular flexibility index (Phi) is 6.42. The minimum Gasteiger partial charge on any atom is -0.341 e. The SMILES string of the molecule is O=C(Cn1c2c(sc1=O)C(c1cccnc1)C1C(=O)N(c3ccc(Cl)cc3)C(=O)C1S2)N1CCCCC1. The van der Waals surface area contributed by atoms with Crippen molar-refractivity contribution in [2.24, 2.45) is 5.92 Å². The molecule has 3 aromatic rings. The number of hydrogen-bond acceptors (Lipinski definition) is 7. The molecule has 3 aliphatic heterocycles. The van der Waals surface area contributed by atoms with Gasteiger partial charge in [-0.3, -0.25) is 28.7 Å². The summed E-state index contributed by atoms with van der Waals surface area (Å²) >= 11 is 8.30. The Balaban J connectivity index is 1.42. The van der Waals surface area contributed by atoms with Gasteiger partial charge >= 0.3 is 4.87 Å². The monoisotopic (exact) mass is 554 g/mol. The van der Waals surface area contributed by atoms with E-state index in [-0.39, 0.29) is 29.1 Å². The summed E-state index contributed by atoms with van der Waals surface area (Å²) in [6.07, 6.45) is 6.34. The summed E-state index contributed by atoms with van der Waals surface area (Å²) in [5.74, 6) is -1.97. The van der Waals surface area contributed by atoms with Crippen LogP contribution in [0.5, 0.6) is 0 Å². The van der Waals surface area contributed by atoms with Crippen LogP contribution in [-0.2, 0) is 20.9 Å². The summed E-state index contributed by atoms with van der Waals surface area (Å²) < 4.78 is 1.49. The number of amides is 3. The van der Waals surface area contributed by atoms with Crippen molar-refractivity contribution in [2.75, 3.05) is 18.0 Å². The lowest BCUT2D eigenvalue weighted by Crippen LogP contribution is -2.39. The van der Waals surface area contributed by atoms with Crippen LogP contribution in [0.2, 0.25) is 5.02 Å². The van der Waals surface area contributed by atoms with Crippen molar-refractivity contribution in [2.45, 2.75) is 42.0 Å². The third-order valence-corrected chi connectivity index (χ3v) is 10.0. The average molecular weight is 555 g/mol. The molecule has 11 heteroatoms. The number of thiazole rings is 1. The first-order valence-corrected chi connectivity index (χ1v) is 14.2. The van der Waals surface area contributed by atoms with E-state index in [0.29, 0.717) is 33.7 Å². The summed E-state index contributed by atoms with van der Waals surface area (Å²) in [4.78, 5) is 61.5. The predicted molar refractivity (Wildman–Crippen MR) is 142 cm³/mol. The number of anilines is 1. The highest BCUT2D eigenvalue weighted by Crippen LogP contribution is 2.53. The molecule has 8 nitrogen and oxygen atoms in total. The van der Waals surface area contributed by atoms with Crippen LogP contribution in [0.15, 0.2) is 58.6 Å². The third-order valence-electron chi connectivity index (χ3n) is 7.18. The van der Waals surface area contributed by atoms with Crippen molar-refractivity contribution < 1.29 is 14.4 Å². The van der Waals surface area contributed by atoms with Crippen LogP contribution < -0.4 is 9.77 Å². The first-order chi connectivity index (χ1) is 17.9. The maximum absolute atomic E-state index is 13.8. The number of likely N-dealkylation sites (tertiary alicyclic amines) is 1. The number of halogens is 1. The van der Waals surface area contributed by atoms with Crippen molar-refractivity contribution in [3.05, 3.63) is 73.9 Å². The van der Waals surface area contributed by atoms with Gasteiger partial charge < -0.3 is 4.90 Å². The minimum atomic E-state index is -0.730. The molecule has 3 atom stereocenters. The summed E-state index contributed by atoms with van der Waals surface area (Å²) in [6, 6.07) is 10.2. The van der Waals surface area contributed by atoms with Crippen LogP contribution in [0.1, 0.15) is 35.6 Å². The summed E-state index contributed by atoms with van der Waals surface area (Å²) in [5.41, 5.74) is 1.22. The highest BCUT2D eigenvalue weighted by Gasteiger charge is 2.56. The van der Waals surface area contributed by atoms with Gasteiger partial charge in [0.15, 0.2) is 0 Å². The fourth-order valence-corrected chi connectivity index (χ4v) is 8.30. The van der Waals surface area contributed by atoms with E-state index < -0.39 is 17.1 Å². The van der Waals surface area contributed by atoms with Gasteiger partial charge in [0.2, 0.25) is 17.7 Å². The Morgan fingerprint density at radius 2 is 1.78 bits per heavy atom. The van der Waals surface area contributed by atoms with Crippen LogP contribution >= 0.6 is 34.7 Å². The normalized spacial score (nSPS) is 23.2. The second kappa shape index (κ2) is 9.74. The molecule has 6 rings (SSSR count). The van der Waals surface area contributed by atoms with Crippen LogP contribution in [0.4, 0.5) is 5.69 Å². The lowest BCUT2D eigenvalue weighted by molar-refractivity contribution is -0.133. The number of pyridine rings is 1. The first-order valence-electron chi connectivity index (χ1n) is 12.2. The lowest BCUT2D eigenvalue weighted by atomic mass is 9.84. The standard InChI is InChI=1S/C26H23ClN4O4S2/c27-16-6-8-17(9-7-16)31-23(33)20-19(15-5-4-10-28-13-15)22-25(36-21(20)24(31)34)30(26(35)37-22)14-18(32)29-11-2-1-3-12-29/h4-10,13,19-21H,1-3,11-12,14H2. The van der Waals surface area contributed by atoms with Gasteiger partial charge in [-0.15, -0.1) is 0 Å². The van der Waals surface area contributed by atoms with Crippen LogP contribution in [0.25, 0.3) is 0 Å². The molecule has 2 fully saturated rings. The Morgan fingerprint density at radius 1 is 1.03 bits per heavy atom. The van der Waals surface area contributed by atoms with Gasteiger partial charge in [-0.1, -0.05) is 40.8 Å². The van der Waals surface area contributed by atoms with E-state index in [1.54, 1.807) is 47.6 Å². The van der Waals surface area contributed by atoms with Gasteiger partial charge in [-0.05, 0) is 55.2 Å². The smallest absolute Gasteiger partial charge is 0.308 e. The molecule has 0 radical (unpaired) electrons. The topological polar surface area (TPSA) is 92.6 Å². The van der Waals surface area contributed by atoms with Gasteiger partial charge in [-0.2, -0.15) is 0 Å². The zero-order valence-corrected chi connectivity index (χ0v) is 22.1. The third kappa shape index (κ3) is 4.20. The van der Waals surface area contributed by atoms with Gasteiger partial charge in [0.05, 0.1) is 16.6 Å². The van der Waals surface area contributed by atoms with Gasteiger partial charge in [0, 0.05) is 41.3 Å². The summed E-state index contributed by atoms with van der Waals surface area (Å²) in [5, 5.41) is 0.369. The van der Waals surface area contributed by atoms with Gasteiger partial charge in [-0.25, -0.2) is 4.90 Å². The molecule has 0 spiro atoms. The number of benzene rings is 1. The van der Waals surface area contributed by atoms with Crippen molar-refractivity contribution in [3.63, 3.8) is 0 Å². The number of nitrogens with zero attached hydrogens (tertiary/aromatic N) is 4. The van der Waals surface area contributed by atoms with E-state index in [1.807, 2.05) is 6.07 Å². The molecule has 2 aromatic heterocycles. The summed E-state index contributed by atoms with van der Waals surface area (Å²) in [6.45, 7) is 1.32. The molecular weight excluding hydrogens is 532 g/mol. The first kappa shape index (κ1) is 24.4. The van der Waals surface area contributed by atoms with Crippen molar-refractivity contribution >= 4 is 58.1 Å². The maximum Gasteiger partial charge on any atom is 0.308 e. The van der Waals surface area contributed by atoms with Crippen LogP contribution in [-0.4, -0.2) is 50.5 Å². The van der Waals surface area contributed by atoms with Crippen molar-refractivity contribution in [1.29, 1.82) is 0 Å². The number of hydrogen-bond donors (Lipinski definition) is 0. The molecule has 3 unspecified atom stereocenters. The largest absolute Gasteiger partial charge is 0.341 e. The molecule has 3 aliphatic rings. The van der Waals surface area contributed by atoms with E-state index in [2.05, 4.69) is 4.98 Å². The molecule has 0 bridgehead atoms. The van der Waals surface area contributed by atoms with Crippen LogP contribution in [0, 0.1) is 5.92 Å². The molecule has 37 heavy (non-hydrogen) atoms. The fourth-order valence-electron chi connectivity index (χ4n) is 5.40. The number of carbonyl (C=O) groups is 3. The molecule has 0 saturated carbocycles. The highest BCUT2D eigenvalue weighted by atomic mass is 35.5. The van der Waals surface area contributed by atoms with E-state index in [0.717, 1.165) is 36.2 Å². The van der Waals surface area contributed by atoms with Crippen LogP contribution in [0.3, 0.4) is 0 Å². The molecule has 5 heterocycles. The molecular formula is C26H23ClN4O4S2. The number of piperidine rings is 1. The fraction of sp³-hybridized carbons (Fsp3) is 0.346. The molecule has 190 valence electrons. The average Bonchev–Trinajstić information content (AvgIpc) is 3.36. The maximum atomic E-state index is 13.8. The Hall–Kier alpha value is -2.95. The van der Waals surface area contributed by atoms with Gasteiger partial charge in [0.25, 0.3) is 0 Å². The van der Waals surface area contributed by atoms with E-state index in [1.165, 1.54) is 21.2 Å². The Morgan fingerprint density at radius 3 is 2.49 bits per heavy atom. The number of rotatable bonds is 4. The lowest BCUT2D eigenvalue weighted by Gasteiger charge is -2.31. The molecule has 3 amide bonds. The quantitative estimate of drug-likeness (QED) is 0.456. The van der Waals surface area contributed by atoms with Crippen molar-refractivity contribution in [3.8, 4) is 0 Å². The second-order valence-corrected chi connectivity index (χ2v) is 11.9. The minimum absolute atomic E-state index is 0.0716. The molecule has 0 N–H and O–H groups in total. The van der Waals surface area contributed by atoms with Gasteiger partial charge in [0.1, 0.15) is 11.8 Å². The molecule has 2 saturated heterocycles.